The number of benzene rings is 2. The van der Waals surface area contributed by atoms with E-state index in [4.69, 9.17) is 0 Å². The maximum absolute atomic E-state index is 11.1. The molecule has 0 radical (unpaired) electrons. The topological polar surface area (TPSA) is 86.3 Å². The molecule has 0 aromatic heterocycles. The minimum absolute atomic E-state index is 0.244. The van der Waals surface area contributed by atoms with Gasteiger partial charge in [-0.2, -0.15) is 0 Å². The third-order valence-electron chi connectivity index (χ3n) is 2.79. The summed E-state index contributed by atoms with van der Waals surface area (Å²) in [5, 5.41) is 21.9. The zero-order valence-corrected chi connectivity index (χ0v) is 10.1. The summed E-state index contributed by atoms with van der Waals surface area (Å²) < 4.78 is 0. The summed E-state index contributed by atoms with van der Waals surface area (Å²) in [6, 6.07) is 11.3. The van der Waals surface area contributed by atoms with Crippen LogP contribution in [0.15, 0.2) is 42.5 Å². The molecule has 0 amide bonds. The van der Waals surface area contributed by atoms with Crippen LogP contribution >= 0.6 is 0 Å². The fraction of sp³-hybridized carbons (Fsp3) is 0.0769. The fourth-order valence-corrected chi connectivity index (χ4v) is 1.88. The van der Waals surface area contributed by atoms with Gasteiger partial charge in [0.2, 0.25) is 0 Å². The van der Waals surface area contributed by atoms with Gasteiger partial charge in [0.1, 0.15) is 0 Å². The molecule has 6 nitrogen and oxygen atoms in total. The first-order valence-electron chi connectivity index (χ1n) is 5.49. The summed E-state index contributed by atoms with van der Waals surface area (Å²) in [5.74, 6) is 0. The van der Waals surface area contributed by atoms with Gasteiger partial charge in [-0.25, -0.2) is 0 Å². The molecule has 0 saturated carbocycles. The van der Waals surface area contributed by atoms with E-state index < -0.39 is 9.85 Å². The van der Waals surface area contributed by atoms with Crippen LogP contribution in [-0.4, -0.2) is 9.85 Å². The van der Waals surface area contributed by atoms with E-state index in [2.05, 4.69) is 0 Å². The standard InChI is InChI=1S/C13H10N2O4/c1-9-7-11(10-5-3-2-4-6-10)13(15(18)19)8-12(9)14(16)17/h2-8H,1H3. The number of nitro benzene ring substituents is 2. The first-order chi connectivity index (χ1) is 9.00. The van der Waals surface area contributed by atoms with Crippen LogP contribution in [0.25, 0.3) is 11.1 Å². The van der Waals surface area contributed by atoms with E-state index in [1.54, 1.807) is 37.3 Å². The normalized spacial score (nSPS) is 10.2. The Bertz CT molecular complexity index is 653. The van der Waals surface area contributed by atoms with Gasteiger partial charge in [-0.3, -0.25) is 20.2 Å². The Labute approximate surface area is 108 Å². The molecule has 0 aliphatic rings. The molecule has 0 heterocycles. The van der Waals surface area contributed by atoms with E-state index in [0.717, 1.165) is 6.07 Å². The van der Waals surface area contributed by atoms with Crippen molar-refractivity contribution in [3.63, 3.8) is 0 Å². The summed E-state index contributed by atoms with van der Waals surface area (Å²) in [6.07, 6.45) is 0. The molecule has 2 rings (SSSR count). The lowest BCUT2D eigenvalue weighted by Gasteiger charge is -2.05. The second-order valence-corrected chi connectivity index (χ2v) is 4.04. The van der Waals surface area contributed by atoms with Crippen molar-refractivity contribution < 1.29 is 9.85 Å². The van der Waals surface area contributed by atoms with Crippen molar-refractivity contribution in [3.8, 4) is 11.1 Å². The smallest absolute Gasteiger partial charge is 0.258 e. The highest BCUT2D eigenvalue weighted by atomic mass is 16.6. The molecule has 0 bridgehead atoms. The minimum atomic E-state index is -0.614. The predicted octanol–water partition coefficient (Wildman–Crippen LogP) is 3.48. The molecule has 0 unspecified atom stereocenters. The maximum atomic E-state index is 11.1. The van der Waals surface area contributed by atoms with Crippen LogP contribution < -0.4 is 0 Å². The van der Waals surface area contributed by atoms with Gasteiger partial charge >= 0.3 is 0 Å². The average molecular weight is 258 g/mol. The van der Waals surface area contributed by atoms with Crippen molar-refractivity contribution in [1.82, 2.24) is 0 Å². The van der Waals surface area contributed by atoms with Gasteiger partial charge in [-0.05, 0) is 18.6 Å². The summed E-state index contributed by atoms with van der Waals surface area (Å²) in [6.45, 7) is 1.56. The van der Waals surface area contributed by atoms with Gasteiger partial charge in [-0.1, -0.05) is 30.3 Å². The van der Waals surface area contributed by atoms with Gasteiger partial charge in [0.15, 0.2) is 0 Å². The van der Waals surface area contributed by atoms with E-state index in [-0.39, 0.29) is 11.4 Å². The van der Waals surface area contributed by atoms with Crippen LogP contribution in [0.4, 0.5) is 11.4 Å². The molecular weight excluding hydrogens is 248 g/mol. The maximum Gasteiger partial charge on any atom is 0.284 e. The van der Waals surface area contributed by atoms with Crippen LogP contribution in [0.3, 0.4) is 0 Å². The zero-order chi connectivity index (χ0) is 14.0. The molecule has 19 heavy (non-hydrogen) atoms. The number of nitrogens with zero attached hydrogens (tertiary/aromatic N) is 2. The van der Waals surface area contributed by atoms with Crippen LogP contribution in [0.2, 0.25) is 0 Å². The number of hydrogen-bond donors (Lipinski definition) is 0. The Morgan fingerprint density at radius 2 is 1.47 bits per heavy atom. The molecule has 0 N–H and O–H groups in total. The molecule has 0 fully saturated rings. The molecule has 0 saturated heterocycles. The Hall–Kier alpha value is -2.76. The molecule has 96 valence electrons. The highest BCUT2D eigenvalue weighted by Crippen LogP contribution is 2.35. The van der Waals surface area contributed by atoms with Crippen LogP contribution in [0.1, 0.15) is 5.56 Å². The Morgan fingerprint density at radius 1 is 0.895 bits per heavy atom. The van der Waals surface area contributed by atoms with E-state index in [0.29, 0.717) is 16.7 Å². The van der Waals surface area contributed by atoms with Crippen molar-refractivity contribution >= 4 is 11.4 Å². The number of aryl methyl sites for hydroxylation is 1. The van der Waals surface area contributed by atoms with E-state index in [1.165, 1.54) is 6.07 Å². The Morgan fingerprint density at radius 3 is 2.00 bits per heavy atom. The van der Waals surface area contributed by atoms with E-state index >= 15 is 0 Å². The highest BCUT2D eigenvalue weighted by Gasteiger charge is 2.23. The summed E-state index contributed by atoms with van der Waals surface area (Å²) >= 11 is 0. The van der Waals surface area contributed by atoms with Gasteiger partial charge < -0.3 is 0 Å². The van der Waals surface area contributed by atoms with Crippen molar-refractivity contribution in [2.24, 2.45) is 0 Å². The molecular formula is C13H10N2O4. The SMILES string of the molecule is Cc1cc(-c2ccccc2)c([N+](=O)[O-])cc1[N+](=O)[O-]. The summed E-state index contributed by atoms with van der Waals surface area (Å²) in [5.41, 5.74) is 0.935. The number of hydrogen-bond acceptors (Lipinski definition) is 4. The molecule has 0 aliphatic carbocycles. The van der Waals surface area contributed by atoms with Gasteiger partial charge in [-0.15, -0.1) is 0 Å². The van der Waals surface area contributed by atoms with Crippen molar-refractivity contribution in [2.75, 3.05) is 0 Å². The van der Waals surface area contributed by atoms with E-state index in [1.807, 2.05) is 0 Å². The monoisotopic (exact) mass is 258 g/mol. The van der Waals surface area contributed by atoms with Crippen LogP contribution in [0.5, 0.6) is 0 Å². The van der Waals surface area contributed by atoms with Crippen LogP contribution in [-0.2, 0) is 0 Å². The van der Waals surface area contributed by atoms with Gasteiger partial charge in [0.25, 0.3) is 11.4 Å². The van der Waals surface area contributed by atoms with Crippen LogP contribution in [0, 0.1) is 27.2 Å². The molecule has 6 heteroatoms. The van der Waals surface area contributed by atoms with Crippen molar-refractivity contribution in [3.05, 3.63) is 68.3 Å². The highest BCUT2D eigenvalue weighted by molar-refractivity contribution is 5.76. The third-order valence-corrected chi connectivity index (χ3v) is 2.79. The Balaban J connectivity index is 2.71. The van der Waals surface area contributed by atoms with Crippen molar-refractivity contribution in [2.45, 2.75) is 6.92 Å². The lowest BCUT2D eigenvalue weighted by molar-refractivity contribution is -0.394. The largest absolute Gasteiger partial charge is 0.284 e. The average Bonchev–Trinajstić information content (AvgIpc) is 2.38. The van der Waals surface area contributed by atoms with Gasteiger partial charge in [0, 0.05) is 5.56 Å². The predicted molar refractivity (Wildman–Crippen MR) is 69.9 cm³/mol. The second kappa shape index (κ2) is 4.85. The molecule has 0 spiro atoms. The lowest BCUT2D eigenvalue weighted by Crippen LogP contribution is -1.97. The van der Waals surface area contributed by atoms with E-state index in [9.17, 15) is 20.2 Å². The minimum Gasteiger partial charge on any atom is -0.258 e. The summed E-state index contributed by atoms with van der Waals surface area (Å²) in [7, 11) is 0. The fourth-order valence-electron chi connectivity index (χ4n) is 1.88. The Kier molecular flexibility index (Phi) is 3.24. The first-order valence-corrected chi connectivity index (χ1v) is 5.49. The molecule has 2 aromatic carbocycles. The lowest BCUT2D eigenvalue weighted by atomic mass is 10.0. The number of nitro groups is 2. The molecule has 2 aromatic rings. The third kappa shape index (κ3) is 2.42. The second-order valence-electron chi connectivity index (χ2n) is 4.04. The molecule has 0 aliphatic heterocycles. The summed E-state index contributed by atoms with van der Waals surface area (Å²) in [4.78, 5) is 20.7. The zero-order valence-electron chi connectivity index (χ0n) is 10.1. The molecule has 0 atom stereocenters. The number of rotatable bonds is 3. The first kappa shape index (κ1) is 12.7. The quantitative estimate of drug-likeness (QED) is 0.622. The van der Waals surface area contributed by atoms with Gasteiger partial charge in [0.05, 0.1) is 21.5 Å². The van der Waals surface area contributed by atoms with Crippen molar-refractivity contribution in [1.29, 1.82) is 0 Å².